The molecule has 2 bridgehead atoms. The zero-order valence-electron chi connectivity index (χ0n) is 23.4. The number of ether oxygens (including phenoxy) is 1. The first-order valence-corrected chi connectivity index (χ1v) is 15.4. The lowest BCUT2D eigenvalue weighted by Gasteiger charge is -2.37. The molecule has 8 nitrogen and oxygen atoms in total. The Morgan fingerprint density at radius 3 is 2.50 bits per heavy atom. The normalized spacial score (nSPS) is 28.4. The fraction of sp³-hybridized carbons (Fsp3) is 0.581. The number of unbranched alkanes of at least 4 members (excludes halogenated alkanes) is 3. The van der Waals surface area contributed by atoms with E-state index in [-0.39, 0.29) is 29.2 Å². The van der Waals surface area contributed by atoms with E-state index in [4.69, 9.17) is 4.74 Å². The SMILES string of the molecule is C=CCN(CCCC)C(=O)C1N(CCCCCO)C(=O)[C@@H]2[C@@H](C(=O)N(CC=C)c3ccccc3)[C@@H]3OC12CC3Br. The molecule has 3 saturated heterocycles. The second-order valence-electron chi connectivity index (χ2n) is 11.0. The highest BCUT2D eigenvalue weighted by atomic mass is 79.9. The molecule has 6 atom stereocenters. The van der Waals surface area contributed by atoms with E-state index in [2.05, 4.69) is 36.0 Å². The number of alkyl halides is 1. The maximum Gasteiger partial charge on any atom is 0.248 e. The van der Waals surface area contributed by atoms with E-state index in [0.29, 0.717) is 45.4 Å². The quantitative estimate of drug-likeness (QED) is 0.183. The number of likely N-dealkylation sites (tertiary alicyclic amines) is 1. The van der Waals surface area contributed by atoms with Crippen LogP contribution in [0.2, 0.25) is 0 Å². The predicted octanol–water partition coefficient (Wildman–Crippen LogP) is 3.93. The molecular weight excluding hydrogens is 574 g/mol. The number of anilines is 1. The van der Waals surface area contributed by atoms with Gasteiger partial charge in [-0.3, -0.25) is 14.4 Å². The number of carbonyl (C=O) groups is 3. The Morgan fingerprint density at radius 1 is 1.12 bits per heavy atom. The molecule has 218 valence electrons. The molecule has 3 aliphatic rings. The van der Waals surface area contributed by atoms with Crippen molar-refractivity contribution in [1.29, 1.82) is 0 Å². The van der Waals surface area contributed by atoms with E-state index < -0.39 is 29.6 Å². The first-order chi connectivity index (χ1) is 19.4. The molecule has 3 fully saturated rings. The Hall–Kier alpha value is -2.49. The predicted molar refractivity (Wildman–Crippen MR) is 159 cm³/mol. The lowest BCUT2D eigenvalue weighted by Crippen LogP contribution is -2.57. The van der Waals surface area contributed by atoms with Gasteiger partial charge < -0.3 is 24.5 Å². The van der Waals surface area contributed by atoms with Gasteiger partial charge in [0.1, 0.15) is 11.6 Å². The topological polar surface area (TPSA) is 90.4 Å². The van der Waals surface area contributed by atoms with E-state index in [0.717, 1.165) is 24.9 Å². The molecule has 1 aromatic carbocycles. The van der Waals surface area contributed by atoms with Crippen molar-refractivity contribution in [2.45, 2.75) is 68.0 Å². The molecule has 1 N–H and O–H groups in total. The van der Waals surface area contributed by atoms with Crippen LogP contribution in [0, 0.1) is 11.8 Å². The van der Waals surface area contributed by atoms with Crippen molar-refractivity contribution >= 4 is 39.3 Å². The Labute approximate surface area is 246 Å². The standard InChI is InChI=1S/C31H42BrN3O5/c1-4-7-18-33(16-5-2)30(39)27-31-21-23(32)26(40-31)24(25(31)29(38)35(27)19-12-9-13-20-36)28(37)34(17-6-3)22-14-10-8-11-15-22/h5-6,8,10-11,14-15,23-27,36H,2-4,7,9,12-13,16-21H2,1H3/t23?,24-,25+,26-,27?,31?/m1/s1. The number of carbonyl (C=O) groups excluding carboxylic acids is 3. The summed E-state index contributed by atoms with van der Waals surface area (Å²) in [5.41, 5.74) is -0.363. The van der Waals surface area contributed by atoms with Crippen molar-refractivity contribution in [3.63, 3.8) is 0 Å². The number of fused-ring (bicyclic) bond motifs is 1. The molecule has 0 aliphatic carbocycles. The zero-order valence-corrected chi connectivity index (χ0v) is 25.0. The number of rotatable bonds is 15. The van der Waals surface area contributed by atoms with Crippen LogP contribution in [0.25, 0.3) is 0 Å². The summed E-state index contributed by atoms with van der Waals surface area (Å²) in [6, 6.07) is 8.56. The number of hydrogen-bond acceptors (Lipinski definition) is 5. The van der Waals surface area contributed by atoms with Crippen LogP contribution in [-0.4, -0.2) is 88.0 Å². The monoisotopic (exact) mass is 615 g/mol. The number of aliphatic hydroxyl groups excluding tert-OH is 1. The van der Waals surface area contributed by atoms with Crippen LogP contribution in [-0.2, 0) is 19.1 Å². The van der Waals surface area contributed by atoms with Gasteiger partial charge in [-0.25, -0.2) is 0 Å². The molecule has 1 aromatic rings. The highest BCUT2D eigenvalue weighted by molar-refractivity contribution is 9.09. The van der Waals surface area contributed by atoms with E-state index in [9.17, 15) is 19.5 Å². The fourth-order valence-corrected chi connectivity index (χ4v) is 7.65. The number of amides is 3. The molecule has 3 amide bonds. The highest BCUT2D eigenvalue weighted by Crippen LogP contribution is 2.60. The van der Waals surface area contributed by atoms with Gasteiger partial charge in [-0.2, -0.15) is 0 Å². The molecule has 0 saturated carbocycles. The van der Waals surface area contributed by atoms with Gasteiger partial charge in [0.15, 0.2) is 0 Å². The molecule has 40 heavy (non-hydrogen) atoms. The van der Waals surface area contributed by atoms with Crippen LogP contribution in [0.1, 0.15) is 45.4 Å². The van der Waals surface area contributed by atoms with Crippen molar-refractivity contribution in [1.82, 2.24) is 9.80 Å². The van der Waals surface area contributed by atoms with Gasteiger partial charge in [-0.05, 0) is 44.2 Å². The average Bonchev–Trinajstić information content (AvgIpc) is 3.55. The van der Waals surface area contributed by atoms with Crippen molar-refractivity contribution < 1.29 is 24.2 Å². The number of hydrogen-bond donors (Lipinski definition) is 1. The first kappa shape index (κ1) is 30.5. The Balaban J connectivity index is 1.73. The van der Waals surface area contributed by atoms with Crippen molar-refractivity contribution in [2.24, 2.45) is 11.8 Å². The highest BCUT2D eigenvalue weighted by Gasteiger charge is 2.76. The number of halogens is 1. The van der Waals surface area contributed by atoms with Crippen LogP contribution in [0.15, 0.2) is 55.6 Å². The van der Waals surface area contributed by atoms with Crippen LogP contribution in [0.4, 0.5) is 5.69 Å². The molecule has 4 rings (SSSR count). The molecule has 0 radical (unpaired) electrons. The van der Waals surface area contributed by atoms with Gasteiger partial charge in [-0.15, -0.1) is 13.2 Å². The summed E-state index contributed by atoms with van der Waals surface area (Å²) in [6.07, 6.45) is 7.14. The van der Waals surface area contributed by atoms with Gasteiger partial charge in [0.25, 0.3) is 0 Å². The maximum absolute atomic E-state index is 14.3. The molecule has 9 heteroatoms. The van der Waals surface area contributed by atoms with E-state index >= 15 is 0 Å². The molecule has 3 unspecified atom stereocenters. The third kappa shape index (κ3) is 5.52. The summed E-state index contributed by atoms with van der Waals surface area (Å²) in [4.78, 5) is 47.8. The zero-order chi connectivity index (χ0) is 28.9. The third-order valence-electron chi connectivity index (χ3n) is 8.45. The Morgan fingerprint density at radius 2 is 1.85 bits per heavy atom. The van der Waals surface area contributed by atoms with Crippen LogP contribution < -0.4 is 4.90 Å². The summed E-state index contributed by atoms with van der Waals surface area (Å²) in [5, 5.41) is 9.27. The second-order valence-corrected chi connectivity index (χ2v) is 12.2. The van der Waals surface area contributed by atoms with E-state index in [1.807, 2.05) is 30.3 Å². The number of benzene rings is 1. The average molecular weight is 617 g/mol. The largest absolute Gasteiger partial charge is 0.396 e. The number of para-hydroxylation sites is 1. The number of aliphatic hydroxyl groups is 1. The number of nitrogens with zero attached hydrogens (tertiary/aromatic N) is 3. The van der Waals surface area contributed by atoms with E-state index in [1.54, 1.807) is 26.9 Å². The van der Waals surface area contributed by atoms with Gasteiger partial charge in [0, 0.05) is 43.3 Å². The molecular formula is C31H42BrN3O5. The molecule has 1 spiro atoms. The maximum atomic E-state index is 14.3. The summed E-state index contributed by atoms with van der Waals surface area (Å²) in [6.45, 7) is 11.5. The van der Waals surface area contributed by atoms with Gasteiger partial charge in [-0.1, -0.05) is 59.6 Å². The van der Waals surface area contributed by atoms with Crippen molar-refractivity contribution in [3.05, 3.63) is 55.6 Å². The van der Waals surface area contributed by atoms with Crippen LogP contribution >= 0.6 is 15.9 Å². The van der Waals surface area contributed by atoms with Gasteiger partial charge in [0.05, 0.1) is 17.9 Å². The summed E-state index contributed by atoms with van der Waals surface area (Å²) >= 11 is 3.76. The molecule has 3 aliphatic heterocycles. The third-order valence-corrected chi connectivity index (χ3v) is 9.30. The molecule has 0 aromatic heterocycles. The van der Waals surface area contributed by atoms with E-state index in [1.165, 1.54) is 0 Å². The summed E-state index contributed by atoms with van der Waals surface area (Å²) in [7, 11) is 0. The van der Waals surface area contributed by atoms with Gasteiger partial charge >= 0.3 is 0 Å². The minimum Gasteiger partial charge on any atom is -0.396 e. The minimum absolute atomic E-state index is 0.0816. The van der Waals surface area contributed by atoms with Crippen molar-refractivity contribution in [3.8, 4) is 0 Å². The Bertz CT molecular complexity index is 1080. The van der Waals surface area contributed by atoms with Crippen LogP contribution in [0.3, 0.4) is 0 Å². The van der Waals surface area contributed by atoms with Gasteiger partial charge in [0.2, 0.25) is 17.7 Å². The smallest absolute Gasteiger partial charge is 0.248 e. The molecule has 3 heterocycles. The minimum atomic E-state index is -1.09. The summed E-state index contributed by atoms with van der Waals surface area (Å²) < 4.78 is 6.69. The first-order valence-electron chi connectivity index (χ1n) is 14.5. The van der Waals surface area contributed by atoms with Crippen molar-refractivity contribution in [2.75, 3.05) is 37.7 Å². The lowest BCUT2D eigenvalue weighted by atomic mass is 9.70. The van der Waals surface area contributed by atoms with Crippen LogP contribution in [0.5, 0.6) is 0 Å². The lowest BCUT2D eigenvalue weighted by molar-refractivity contribution is -0.147. The Kier molecular flexibility index (Phi) is 10.2. The fourth-order valence-electron chi connectivity index (χ4n) is 6.71. The second kappa shape index (κ2) is 13.4. The summed E-state index contributed by atoms with van der Waals surface area (Å²) in [5.74, 6) is -2.01.